The van der Waals surface area contributed by atoms with E-state index in [0.717, 1.165) is 33.6 Å². The fraction of sp³-hybridized carbons (Fsp3) is 0.0455. The van der Waals surface area contributed by atoms with E-state index in [4.69, 9.17) is 0 Å². The Morgan fingerprint density at radius 3 is 2.12 bits per heavy atom. The third kappa shape index (κ3) is 2.63. The summed E-state index contributed by atoms with van der Waals surface area (Å²) in [6, 6.07) is 28.1. The topological polar surface area (TPSA) is 29.1 Å². The molecular weight excluding hydrogens is 294 g/mol. The highest BCUT2D eigenvalue weighted by atomic mass is 16.1. The van der Waals surface area contributed by atoms with Crippen LogP contribution < -0.4 is 5.32 Å². The Morgan fingerprint density at radius 1 is 0.750 bits per heavy atom. The Labute approximate surface area is 141 Å². The monoisotopic (exact) mass is 311 g/mol. The number of carbonyl (C=O) groups is 1. The molecule has 2 heteroatoms. The van der Waals surface area contributed by atoms with Crippen LogP contribution in [0.5, 0.6) is 0 Å². The number of allylic oxidation sites excluding steroid dienone is 1. The number of ketones is 1. The third-order valence-electron chi connectivity index (χ3n) is 4.27. The van der Waals surface area contributed by atoms with Gasteiger partial charge in [0, 0.05) is 17.7 Å². The molecule has 0 bridgehead atoms. The van der Waals surface area contributed by atoms with E-state index in [0.29, 0.717) is 6.42 Å². The van der Waals surface area contributed by atoms with Crippen molar-refractivity contribution in [2.45, 2.75) is 6.42 Å². The van der Waals surface area contributed by atoms with Gasteiger partial charge in [-0.15, -0.1) is 0 Å². The fourth-order valence-electron chi connectivity index (χ4n) is 3.15. The van der Waals surface area contributed by atoms with Crippen molar-refractivity contribution in [2.24, 2.45) is 0 Å². The highest BCUT2D eigenvalue weighted by Crippen LogP contribution is 2.35. The molecule has 0 aliphatic heterocycles. The van der Waals surface area contributed by atoms with Crippen LogP contribution >= 0.6 is 0 Å². The Hall–Kier alpha value is -3.13. The van der Waals surface area contributed by atoms with Gasteiger partial charge >= 0.3 is 0 Å². The normalized spacial score (nSPS) is 15.1. The van der Waals surface area contributed by atoms with E-state index in [1.165, 1.54) is 0 Å². The van der Waals surface area contributed by atoms with E-state index in [-0.39, 0.29) is 5.78 Å². The summed E-state index contributed by atoms with van der Waals surface area (Å²) in [5, 5.41) is 3.47. The number of hydrogen-bond acceptors (Lipinski definition) is 2. The number of nitrogens with one attached hydrogen (secondary N) is 1. The predicted octanol–water partition coefficient (Wildman–Crippen LogP) is 4.79. The van der Waals surface area contributed by atoms with Gasteiger partial charge in [0.05, 0.1) is 5.70 Å². The van der Waals surface area contributed by atoms with Crippen molar-refractivity contribution in [1.29, 1.82) is 0 Å². The lowest BCUT2D eigenvalue weighted by Crippen LogP contribution is -2.06. The van der Waals surface area contributed by atoms with E-state index in [1.54, 1.807) is 0 Å². The van der Waals surface area contributed by atoms with Crippen molar-refractivity contribution in [1.82, 2.24) is 0 Å². The maximum Gasteiger partial charge on any atom is 0.169 e. The van der Waals surface area contributed by atoms with Crippen molar-refractivity contribution in [3.05, 3.63) is 102 Å². The molecule has 0 spiro atoms. The second-order valence-electron chi connectivity index (χ2n) is 5.86. The van der Waals surface area contributed by atoms with Gasteiger partial charge in [-0.3, -0.25) is 4.79 Å². The number of benzene rings is 3. The molecule has 0 radical (unpaired) electrons. The zero-order valence-electron chi connectivity index (χ0n) is 13.2. The molecule has 1 N–H and O–H groups in total. The molecule has 4 rings (SSSR count). The minimum absolute atomic E-state index is 0.165. The van der Waals surface area contributed by atoms with Crippen LogP contribution in [0, 0.1) is 0 Å². The lowest BCUT2D eigenvalue weighted by atomic mass is 10.00. The lowest BCUT2D eigenvalue weighted by Gasteiger charge is -2.15. The van der Waals surface area contributed by atoms with Crippen LogP contribution in [0.15, 0.2) is 84.9 Å². The molecule has 1 aliphatic rings. The van der Waals surface area contributed by atoms with E-state index >= 15 is 0 Å². The van der Waals surface area contributed by atoms with Crippen molar-refractivity contribution in [3.8, 4) is 0 Å². The van der Waals surface area contributed by atoms with Crippen molar-refractivity contribution >= 4 is 22.7 Å². The molecule has 1 aliphatic carbocycles. The van der Waals surface area contributed by atoms with Crippen LogP contribution in [0.1, 0.15) is 16.7 Å². The van der Waals surface area contributed by atoms with Crippen LogP contribution in [0.3, 0.4) is 0 Å². The zero-order chi connectivity index (χ0) is 16.4. The summed E-state index contributed by atoms with van der Waals surface area (Å²) in [5.41, 5.74) is 5.77. The summed E-state index contributed by atoms with van der Waals surface area (Å²) in [6.07, 6.45) is 0.471. The summed E-state index contributed by atoms with van der Waals surface area (Å²) in [5.74, 6) is 0.165. The maximum absolute atomic E-state index is 12.7. The summed E-state index contributed by atoms with van der Waals surface area (Å²) >= 11 is 0. The molecule has 0 unspecified atom stereocenters. The zero-order valence-corrected chi connectivity index (χ0v) is 13.2. The van der Waals surface area contributed by atoms with Gasteiger partial charge in [0.15, 0.2) is 5.78 Å². The molecule has 0 amide bonds. The van der Waals surface area contributed by atoms with Crippen LogP contribution in [-0.2, 0) is 11.2 Å². The van der Waals surface area contributed by atoms with Gasteiger partial charge in [-0.2, -0.15) is 0 Å². The molecule has 0 saturated carbocycles. The molecular formula is C22H17NO. The van der Waals surface area contributed by atoms with Crippen LogP contribution in [0.2, 0.25) is 0 Å². The van der Waals surface area contributed by atoms with Gasteiger partial charge in [-0.1, -0.05) is 72.8 Å². The maximum atomic E-state index is 12.7. The van der Waals surface area contributed by atoms with Crippen molar-refractivity contribution < 1.29 is 4.79 Å². The number of rotatable bonds is 3. The van der Waals surface area contributed by atoms with Gasteiger partial charge in [0.1, 0.15) is 0 Å². The largest absolute Gasteiger partial charge is 0.354 e. The van der Waals surface area contributed by atoms with Gasteiger partial charge in [-0.05, 0) is 28.8 Å². The molecule has 116 valence electrons. The van der Waals surface area contributed by atoms with E-state index in [2.05, 4.69) is 5.32 Å². The Bertz CT molecular complexity index is 911. The Morgan fingerprint density at radius 2 is 1.38 bits per heavy atom. The van der Waals surface area contributed by atoms with E-state index < -0.39 is 0 Å². The minimum Gasteiger partial charge on any atom is -0.354 e. The molecule has 2 nitrogen and oxygen atoms in total. The number of para-hydroxylation sites is 1. The Balaban J connectivity index is 1.91. The first kappa shape index (κ1) is 14.5. The average Bonchev–Trinajstić information content (AvgIpc) is 2.97. The summed E-state index contributed by atoms with van der Waals surface area (Å²) < 4.78 is 0. The van der Waals surface area contributed by atoms with E-state index in [1.807, 2.05) is 84.9 Å². The molecule has 0 saturated heterocycles. The SMILES string of the molecule is O=C1Cc2ccccc2/C1=C(\Nc1ccccc1)c1ccccc1. The molecule has 24 heavy (non-hydrogen) atoms. The number of hydrogen-bond donors (Lipinski definition) is 1. The number of fused-ring (bicyclic) bond motifs is 1. The summed E-state index contributed by atoms with van der Waals surface area (Å²) in [7, 11) is 0. The third-order valence-corrected chi connectivity index (χ3v) is 4.27. The highest BCUT2D eigenvalue weighted by Gasteiger charge is 2.27. The molecule has 0 aromatic heterocycles. The summed E-state index contributed by atoms with van der Waals surface area (Å²) in [6.45, 7) is 0. The first-order valence-corrected chi connectivity index (χ1v) is 8.06. The van der Waals surface area contributed by atoms with Gasteiger partial charge < -0.3 is 5.32 Å². The summed E-state index contributed by atoms with van der Waals surface area (Å²) in [4.78, 5) is 12.7. The number of Topliss-reactive ketones (excluding diaryl/α,β-unsaturated/α-hetero) is 1. The van der Waals surface area contributed by atoms with Crippen LogP contribution in [0.4, 0.5) is 5.69 Å². The number of anilines is 1. The molecule has 0 atom stereocenters. The van der Waals surface area contributed by atoms with Crippen LogP contribution in [-0.4, -0.2) is 5.78 Å². The molecule has 0 fully saturated rings. The fourth-order valence-corrected chi connectivity index (χ4v) is 3.15. The quantitative estimate of drug-likeness (QED) is 0.704. The standard InChI is InChI=1S/C22H17NO/c24-20-15-17-11-7-8-14-19(17)21(20)22(16-9-3-1-4-10-16)23-18-12-5-2-6-13-18/h1-14,23H,15H2/b22-21+. The second-order valence-corrected chi connectivity index (χ2v) is 5.86. The second kappa shape index (κ2) is 6.17. The minimum atomic E-state index is 0.165. The molecule has 3 aromatic carbocycles. The molecule has 3 aromatic rings. The average molecular weight is 311 g/mol. The highest BCUT2D eigenvalue weighted by molar-refractivity contribution is 6.32. The smallest absolute Gasteiger partial charge is 0.169 e. The van der Waals surface area contributed by atoms with Crippen molar-refractivity contribution in [2.75, 3.05) is 5.32 Å². The lowest BCUT2D eigenvalue weighted by molar-refractivity contribution is -0.112. The predicted molar refractivity (Wildman–Crippen MR) is 98.5 cm³/mol. The number of carbonyl (C=O) groups excluding carboxylic acids is 1. The van der Waals surface area contributed by atoms with Gasteiger partial charge in [-0.25, -0.2) is 0 Å². The van der Waals surface area contributed by atoms with Crippen LogP contribution in [0.25, 0.3) is 11.3 Å². The van der Waals surface area contributed by atoms with Gasteiger partial charge in [0.25, 0.3) is 0 Å². The van der Waals surface area contributed by atoms with Crippen molar-refractivity contribution in [3.63, 3.8) is 0 Å². The van der Waals surface area contributed by atoms with Gasteiger partial charge in [0.2, 0.25) is 0 Å². The first-order chi connectivity index (χ1) is 11.8. The molecule has 0 heterocycles. The Kier molecular flexibility index (Phi) is 3.72. The first-order valence-electron chi connectivity index (χ1n) is 8.06. The van der Waals surface area contributed by atoms with E-state index in [9.17, 15) is 4.79 Å².